The van der Waals surface area contributed by atoms with Crippen molar-refractivity contribution in [3.05, 3.63) is 35.2 Å². The van der Waals surface area contributed by atoms with Crippen LogP contribution in [0.15, 0.2) is 30.3 Å². The minimum atomic E-state index is 0. The second kappa shape index (κ2) is 9.58. The van der Waals surface area contributed by atoms with Gasteiger partial charge in [-0.15, -0.1) is 12.4 Å². The molecule has 0 bridgehead atoms. The fourth-order valence-corrected chi connectivity index (χ4v) is 0.555. The van der Waals surface area contributed by atoms with Crippen LogP contribution in [-0.2, 0) is 4.79 Å². The third-order valence-corrected chi connectivity index (χ3v) is 0.927. The van der Waals surface area contributed by atoms with Gasteiger partial charge in [-0.25, -0.2) is 0 Å². The maximum Gasteiger partial charge on any atom is 0.298 e. The van der Waals surface area contributed by atoms with E-state index in [1.807, 2.05) is 6.07 Å². The number of para-hydroxylation sites is 1. The highest BCUT2D eigenvalue weighted by atomic mass is 35.5. The summed E-state index contributed by atoms with van der Waals surface area (Å²) in [5.74, 6) is 0.576. The topological polar surface area (TPSA) is 67.2 Å². The molecule has 0 amide bonds. The highest BCUT2D eigenvalue weighted by Gasteiger charge is 1.84. The summed E-state index contributed by atoms with van der Waals surface area (Å²) in [7, 11) is 0. The minimum absolute atomic E-state index is 0. The molecule has 1 aromatic rings. The van der Waals surface area contributed by atoms with Crippen LogP contribution in [0.5, 0.6) is 5.75 Å². The first kappa shape index (κ1) is 13.2. The molecule has 0 saturated carbocycles. The molecule has 1 N–H and O–H groups in total. The van der Waals surface area contributed by atoms with Crippen LogP contribution in [0.25, 0.3) is 0 Å². The Balaban J connectivity index is 0. The molecule has 0 aliphatic carbocycles. The standard InChI is InChI=1S/C7H6O2.ClH.HNO/c8-6-9-7-4-2-1-3-5-7;;1-2/h1-6H;1H;1H. The van der Waals surface area contributed by atoms with Crippen molar-refractivity contribution < 1.29 is 9.53 Å². The maximum absolute atomic E-state index is 9.75. The van der Waals surface area contributed by atoms with Gasteiger partial charge in [-0.1, -0.05) is 23.8 Å². The second-order valence-corrected chi connectivity index (χ2v) is 1.53. The summed E-state index contributed by atoms with van der Waals surface area (Å²) in [4.78, 5) is 17.3. The summed E-state index contributed by atoms with van der Waals surface area (Å²) in [6.07, 6.45) is 0. The van der Waals surface area contributed by atoms with Crippen LogP contribution in [0.2, 0.25) is 0 Å². The predicted octanol–water partition coefficient (Wildman–Crippen LogP) is 1.98. The molecule has 0 aromatic heterocycles. The zero-order valence-electron chi connectivity index (χ0n) is 6.10. The molecule has 0 aliphatic heterocycles. The van der Waals surface area contributed by atoms with E-state index in [-0.39, 0.29) is 12.4 Å². The van der Waals surface area contributed by atoms with E-state index in [2.05, 4.69) is 10.3 Å². The Morgan fingerprint density at radius 2 is 1.67 bits per heavy atom. The summed E-state index contributed by atoms with van der Waals surface area (Å²) in [6, 6.07) is 8.90. The lowest BCUT2D eigenvalue weighted by Gasteiger charge is -1.92. The normalized spacial score (nSPS) is 6.67. The number of halogens is 1. The van der Waals surface area contributed by atoms with Gasteiger partial charge in [0.1, 0.15) is 5.75 Å². The van der Waals surface area contributed by atoms with E-state index in [0.29, 0.717) is 12.2 Å². The molecule has 0 saturated heterocycles. The minimum Gasteiger partial charge on any atom is -0.429 e. The van der Waals surface area contributed by atoms with Crippen molar-refractivity contribution in [2.45, 2.75) is 0 Å². The van der Waals surface area contributed by atoms with Gasteiger partial charge >= 0.3 is 0 Å². The van der Waals surface area contributed by atoms with Crippen molar-refractivity contribution in [2.75, 3.05) is 0 Å². The first-order valence-corrected chi connectivity index (χ1v) is 2.79. The average Bonchev–Trinajstić information content (AvgIpc) is 2.11. The Hall–Kier alpha value is -1.42. The summed E-state index contributed by atoms with van der Waals surface area (Å²) in [5.41, 5.74) is 4.50. The Labute approximate surface area is 75.7 Å². The van der Waals surface area contributed by atoms with E-state index in [1.165, 1.54) is 0 Å². The van der Waals surface area contributed by atoms with E-state index in [0.717, 1.165) is 0 Å². The van der Waals surface area contributed by atoms with Crippen molar-refractivity contribution in [1.29, 1.82) is 5.59 Å². The molecule has 0 heterocycles. The second-order valence-electron chi connectivity index (χ2n) is 1.53. The van der Waals surface area contributed by atoms with Gasteiger partial charge in [0.25, 0.3) is 6.47 Å². The number of hydrogen-bond donors (Lipinski definition) is 1. The largest absolute Gasteiger partial charge is 0.429 e. The van der Waals surface area contributed by atoms with Crippen molar-refractivity contribution in [1.82, 2.24) is 0 Å². The van der Waals surface area contributed by atoms with Crippen molar-refractivity contribution in [2.24, 2.45) is 0 Å². The summed E-state index contributed by atoms with van der Waals surface area (Å²) >= 11 is 0. The quantitative estimate of drug-likeness (QED) is 0.571. The lowest BCUT2D eigenvalue weighted by molar-refractivity contribution is -0.120. The van der Waals surface area contributed by atoms with E-state index in [9.17, 15) is 4.79 Å². The van der Waals surface area contributed by atoms with Crippen LogP contribution < -0.4 is 4.74 Å². The van der Waals surface area contributed by atoms with Crippen LogP contribution in [-0.4, -0.2) is 6.47 Å². The molecule has 0 spiro atoms. The van der Waals surface area contributed by atoms with Gasteiger partial charge in [0.2, 0.25) is 0 Å². The van der Waals surface area contributed by atoms with E-state index in [1.54, 1.807) is 24.3 Å². The van der Waals surface area contributed by atoms with E-state index >= 15 is 0 Å². The van der Waals surface area contributed by atoms with Crippen LogP contribution >= 0.6 is 12.4 Å². The SMILES string of the molecule is Cl.N=O.O=COc1ccccc1. The number of hydrogen-bond acceptors (Lipinski definition) is 4. The van der Waals surface area contributed by atoms with Crippen LogP contribution in [0.3, 0.4) is 0 Å². The average molecular weight is 190 g/mol. The van der Waals surface area contributed by atoms with Gasteiger partial charge in [-0.05, 0) is 12.1 Å². The number of carbonyl (C=O) groups excluding carboxylic acids is 1. The lowest BCUT2D eigenvalue weighted by Crippen LogP contribution is -1.85. The van der Waals surface area contributed by atoms with Crippen molar-refractivity contribution in [3.8, 4) is 5.75 Å². The Morgan fingerprint density at radius 1 is 1.17 bits per heavy atom. The first-order chi connectivity index (χ1) is 5.43. The summed E-state index contributed by atoms with van der Waals surface area (Å²) in [5, 5.41) is 0. The molecule has 0 atom stereocenters. The van der Waals surface area contributed by atoms with Crippen LogP contribution in [0, 0.1) is 10.5 Å². The zero-order valence-corrected chi connectivity index (χ0v) is 6.91. The van der Waals surface area contributed by atoms with Gasteiger partial charge < -0.3 is 4.74 Å². The monoisotopic (exact) mass is 189 g/mol. The molecule has 12 heavy (non-hydrogen) atoms. The van der Waals surface area contributed by atoms with Crippen LogP contribution in [0.1, 0.15) is 0 Å². The molecule has 0 radical (unpaired) electrons. The first-order valence-electron chi connectivity index (χ1n) is 2.79. The Bertz CT molecular complexity index is 205. The van der Waals surface area contributed by atoms with Gasteiger partial charge in [0, 0.05) is 0 Å². The highest BCUT2D eigenvalue weighted by Crippen LogP contribution is 2.05. The molecular formula is C7H8ClNO3. The molecule has 1 aromatic carbocycles. The third kappa shape index (κ3) is 5.37. The fourth-order valence-electron chi connectivity index (χ4n) is 0.555. The van der Waals surface area contributed by atoms with Crippen molar-refractivity contribution >= 4 is 18.9 Å². The molecule has 66 valence electrons. The molecule has 0 fully saturated rings. The fraction of sp³-hybridized carbons (Fsp3) is 0. The maximum atomic E-state index is 9.75. The Kier molecular flexibility index (Phi) is 10.5. The molecular weight excluding hydrogens is 182 g/mol. The molecule has 0 aliphatic rings. The number of ether oxygens (including phenoxy) is 1. The van der Waals surface area contributed by atoms with Gasteiger partial charge in [-0.2, -0.15) is 4.91 Å². The molecule has 4 nitrogen and oxygen atoms in total. The molecule has 1 rings (SSSR count). The van der Waals surface area contributed by atoms with Gasteiger partial charge in [0.05, 0.1) is 0 Å². The van der Waals surface area contributed by atoms with Gasteiger partial charge in [-0.3, -0.25) is 4.79 Å². The number of nitrogens with one attached hydrogen (secondary N) is 1. The van der Waals surface area contributed by atoms with Crippen molar-refractivity contribution in [3.63, 3.8) is 0 Å². The smallest absolute Gasteiger partial charge is 0.298 e. The summed E-state index contributed by atoms with van der Waals surface area (Å²) < 4.78 is 4.53. The molecule has 0 unspecified atom stereocenters. The number of carbonyl (C=O) groups is 1. The van der Waals surface area contributed by atoms with Gasteiger partial charge in [0.15, 0.2) is 0 Å². The predicted molar refractivity (Wildman–Crippen MR) is 46.5 cm³/mol. The number of rotatable bonds is 2. The van der Waals surface area contributed by atoms with Crippen LogP contribution in [0.4, 0.5) is 0 Å². The molecule has 5 heteroatoms. The number of benzene rings is 1. The lowest BCUT2D eigenvalue weighted by atomic mass is 10.3. The summed E-state index contributed by atoms with van der Waals surface area (Å²) in [6.45, 7) is 0.412. The van der Waals surface area contributed by atoms with E-state index < -0.39 is 0 Å². The third-order valence-electron chi connectivity index (χ3n) is 0.927. The van der Waals surface area contributed by atoms with E-state index in [4.69, 9.17) is 4.91 Å². The Morgan fingerprint density at radius 3 is 2.08 bits per heavy atom. The number of nitroso groups, excluding NO2 is 1. The zero-order chi connectivity index (χ0) is 8.53. The highest BCUT2D eigenvalue weighted by molar-refractivity contribution is 5.85.